The topological polar surface area (TPSA) is 208 Å². The third-order valence-electron chi connectivity index (χ3n) is 5.57. The average molecular weight is 552 g/mol. The molecule has 3 unspecified atom stereocenters. The van der Waals surface area contributed by atoms with Gasteiger partial charge >= 0.3 is 27.1 Å². The van der Waals surface area contributed by atoms with Crippen molar-refractivity contribution in [1.82, 2.24) is 4.90 Å². The number of ether oxygens (including phenoxy) is 1. The van der Waals surface area contributed by atoms with Crippen LogP contribution >= 0.6 is 15.2 Å². The van der Waals surface area contributed by atoms with Gasteiger partial charge in [0.1, 0.15) is 19.2 Å². The molecule has 0 amide bonds. The van der Waals surface area contributed by atoms with Crippen molar-refractivity contribution < 1.29 is 48.1 Å². The van der Waals surface area contributed by atoms with Crippen molar-refractivity contribution in [3.63, 3.8) is 0 Å². The smallest absolute Gasteiger partial charge is 0.339 e. The summed E-state index contributed by atoms with van der Waals surface area (Å²) in [5.41, 5.74) is 5.12. The van der Waals surface area contributed by atoms with Gasteiger partial charge in [0.05, 0.1) is 11.8 Å². The summed E-state index contributed by atoms with van der Waals surface area (Å²) < 4.78 is 28.0. The van der Waals surface area contributed by atoms with Crippen LogP contribution in [0.2, 0.25) is 0 Å². The molecular formula is C22H38N2O10P2. The maximum atomic E-state index is 13.3. The maximum absolute atomic E-state index is 13.3. The summed E-state index contributed by atoms with van der Waals surface area (Å²) in [5.74, 6) is -5.37. The van der Waals surface area contributed by atoms with Gasteiger partial charge in [-0.3, -0.25) is 23.6 Å². The fourth-order valence-corrected chi connectivity index (χ4v) is 6.03. The lowest BCUT2D eigenvalue weighted by Crippen LogP contribution is -2.51. The van der Waals surface area contributed by atoms with E-state index in [1.54, 1.807) is 65.0 Å². The Bertz CT molecular complexity index is 955. The second kappa shape index (κ2) is 12.3. The number of carbonyl (C=O) groups excluding carboxylic acids is 1. The van der Waals surface area contributed by atoms with Crippen molar-refractivity contribution in [3.05, 3.63) is 35.9 Å². The molecule has 1 rings (SSSR count). The van der Waals surface area contributed by atoms with Crippen LogP contribution in [0.3, 0.4) is 0 Å². The zero-order chi connectivity index (χ0) is 28.1. The lowest BCUT2D eigenvalue weighted by atomic mass is 9.63. The molecule has 0 saturated heterocycles. The van der Waals surface area contributed by atoms with E-state index in [2.05, 4.69) is 0 Å². The minimum absolute atomic E-state index is 0.388. The number of benzene rings is 1. The molecule has 0 aliphatic heterocycles. The predicted molar refractivity (Wildman–Crippen MR) is 133 cm³/mol. The molecule has 0 radical (unpaired) electrons. The Morgan fingerprint density at radius 1 is 0.972 bits per heavy atom. The van der Waals surface area contributed by atoms with E-state index in [4.69, 9.17) is 10.5 Å². The van der Waals surface area contributed by atoms with E-state index in [1.165, 1.54) is 0 Å². The molecule has 1 aromatic carbocycles. The Hall–Kier alpha value is -1.62. The highest BCUT2D eigenvalue weighted by Crippen LogP contribution is 2.45. The van der Waals surface area contributed by atoms with Gasteiger partial charge < -0.3 is 35.2 Å². The number of rotatable bonds is 13. The number of carboxylic acids is 1. The van der Waals surface area contributed by atoms with Gasteiger partial charge in [0, 0.05) is 18.0 Å². The molecule has 14 heteroatoms. The van der Waals surface area contributed by atoms with Crippen LogP contribution in [0, 0.1) is 17.3 Å². The van der Waals surface area contributed by atoms with E-state index >= 15 is 0 Å². The van der Waals surface area contributed by atoms with Crippen molar-refractivity contribution in [3.8, 4) is 0 Å². The molecular weight excluding hydrogens is 514 g/mol. The molecule has 0 aliphatic carbocycles. The first-order chi connectivity index (χ1) is 16.1. The molecule has 0 bridgehead atoms. The highest BCUT2D eigenvalue weighted by atomic mass is 31.2. The number of nitrogens with zero attached hydrogens (tertiary/aromatic N) is 1. The minimum atomic E-state index is -4.66. The molecule has 3 atom stereocenters. The second-order valence-electron chi connectivity index (χ2n) is 10.6. The molecule has 1 aromatic rings. The van der Waals surface area contributed by atoms with Crippen molar-refractivity contribution >= 4 is 27.1 Å². The van der Waals surface area contributed by atoms with E-state index in [1.807, 2.05) is 0 Å². The van der Waals surface area contributed by atoms with Crippen LogP contribution in [0.4, 0.5) is 0 Å². The van der Waals surface area contributed by atoms with Crippen molar-refractivity contribution in [2.75, 3.05) is 25.7 Å². The summed E-state index contributed by atoms with van der Waals surface area (Å²) in [4.78, 5) is 63.5. The summed E-state index contributed by atoms with van der Waals surface area (Å²) in [7, 11) is -9.32. The molecule has 0 aliphatic rings. The lowest BCUT2D eigenvalue weighted by molar-refractivity contribution is -0.165. The Balaban J connectivity index is 3.28. The quantitative estimate of drug-likeness (QED) is 0.153. The Morgan fingerprint density at radius 2 is 1.44 bits per heavy atom. The molecule has 0 fully saturated rings. The molecule has 0 saturated carbocycles. The van der Waals surface area contributed by atoms with E-state index in [-0.39, 0.29) is 6.54 Å². The third kappa shape index (κ3) is 10.8. The van der Waals surface area contributed by atoms with Crippen LogP contribution in [0.5, 0.6) is 0 Å². The molecule has 0 spiro atoms. The van der Waals surface area contributed by atoms with Crippen LogP contribution in [-0.2, 0) is 23.5 Å². The first kappa shape index (κ1) is 32.4. The zero-order valence-electron chi connectivity index (χ0n) is 21.1. The van der Waals surface area contributed by atoms with Gasteiger partial charge in [-0.2, -0.15) is 0 Å². The van der Waals surface area contributed by atoms with Crippen LogP contribution in [-0.4, -0.2) is 72.8 Å². The van der Waals surface area contributed by atoms with Gasteiger partial charge in [0.2, 0.25) is 0 Å². The molecule has 7 N–H and O–H groups in total. The molecule has 36 heavy (non-hydrogen) atoms. The maximum Gasteiger partial charge on any atom is 0.339 e. The minimum Gasteiger partial charge on any atom is -0.481 e. The van der Waals surface area contributed by atoms with Crippen LogP contribution in [0.1, 0.15) is 46.1 Å². The third-order valence-corrected chi connectivity index (χ3v) is 7.11. The summed E-state index contributed by atoms with van der Waals surface area (Å²) in [6.45, 7) is 7.55. The number of carbonyl (C=O) groups is 2. The van der Waals surface area contributed by atoms with E-state index in [0.717, 1.165) is 4.90 Å². The number of nitrogens with two attached hydrogens (primary N) is 1. The molecule has 0 aromatic heterocycles. The van der Waals surface area contributed by atoms with Gasteiger partial charge in [-0.1, -0.05) is 51.1 Å². The van der Waals surface area contributed by atoms with Gasteiger partial charge in [-0.05, 0) is 24.8 Å². The van der Waals surface area contributed by atoms with Crippen LogP contribution in [0.15, 0.2) is 30.3 Å². The monoisotopic (exact) mass is 552 g/mol. The fraction of sp³-hybridized carbons (Fsp3) is 0.636. The predicted octanol–water partition coefficient (Wildman–Crippen LogP) is 1.99. The van der Waals surface area contributed by atoms with Crippen molar-refractivity contribution in [2.24, 2.45) is 23.0 Å². The number of aliphatic carboxylic acids is 1. The normalized spacial score (nSPS) is 15.9. The highest BCUT2D eigenvalue weighted by molar-refractivity contribution is 7.52. The van der Waals surface area contributed by atoms with Gasteiger partial charge in [-0.15, -0.1) is 0 Å². The number of hydrogen-bond acceptors (Lipinski definition) is 7. The Morgan fingerprint density at radius 3 is 1.81 bits per heavy atom. The van der Waals surface area contributed by atoms with E-state index < -0.39 is 75.0 Å². The number of hydrogen-bond donors (Lipinski definition) is 6. The van der Waals surface area contributed by atoms with E-state index in [0.29, 0.717) is 5.56 Å². The van der Waals surface area contributed by atoms with Crippen LogP contribution < -0.4 is 5.73 Å². The molecule has 12 nitrogen and oxygen atoms in total. The van der Waals surface area contributed by atoms with Gasteiger partial charge in [0.15, 0.2) is 0 Å². The first-order valence-electron chi connectivity index (χ1n) is 11.2. The number of esters is 1. The number of carboxylic acid groups (broad SMARTS) is 1. The highest BCUT2D eigenvalue weighted by Gasteiger charge is 2.50. The SMILES string of the molecule is CC(C)(C)C(C(=O)OCCN(CP(=O)(O)O)CP(=O)(O)O)C(C(=O)O)C(c1ccccc1)C(C)(C)N. The standard InChI is InChI=1S/C22H38N2O10P2/c1-21(2,3)18(16(19(25)26)17(22(4,5)23)15-9-7-6-8-10-15)20(27)34-12-11-24(13-35(28,29)30)14-36(31,32)33/h6-10,16-18H,11-14,23H2,1-5H3,(H,25,26)(H2,28,29,30)(H2,31,32,33). The summed E-state index contributed by atoms with van der Waals surface area (Å²) in [5, 5.41) is 10.3. The second-order valence-corrected chi connectivity index (χ2v) is 13.8. The van der Waals surface area contributed by atoms with Gasteiger partial charge in [0.25, 0.3) is 0 Å². The first-order valence-corrected chi connectivity index (χ1v) is 14.8. The zero-order valence-corrected chi connectivity index (χ0v) is 22.9. The Labute approximate surface area is 211 Å². The summed E-state index contributed by atoms with van der Waals surface area (Å²) in [6, 6.07) is 8.74. The lowest BCUT2D eigenvalue weighted by Gasteiger charge is -2.42. The largest absolute Gasteiger partial charge is 0.481 e. The average Bonchev–Trinajstić information content (AvgIpc) is 2.63. The fourth-order valence-electron chi connectivity index (χ4n) is 4.35. The summed E-state index contributed by atoms with van der Waals surface area (Å²) in [6.07, 6.45) is -1.90. The van der Waals surface area contributed by atoms with Crippen LogP contribution in [0.25, 0.3) is 0 Å². The van der Waals surface area contributed by atoms with Gasteiger partial charge in [-0.25, -0.2) is 0 Å². The Kier molecular flexibility index (Phi) is 11.1. The molecule has 0 heterocycles. The van der Waals surface area contributed by atoms with Crippen molar-refractivity contribution in [2.45, 2.75) is 46.1 Å². The van der Waals surface area contributed by atoms with E-state index in [9.17, 15) is 43.4 Å². The summed E-state index contributed by atoms with van der Waals surface area (Å²) >= 11 is 0. The molecule has 206 valence electrons. The van der Waals surface area contributed by atoms with Crippen molar-refractivity contribution in [1.29, 1.82) is 0 Å².